The second-order valence-corrected chi connectivity index (χ2v) is 6.89. The number of nitrogens with zero attached hydrogens (tertiary/aromatic N) is 1. The van der Waals surface area contributed by atoms with Crippen molar-refractivity contribution >= 4 is 5.69 Å². The maximum absolute atomic E-state index is 3.52. The van der Waals surface area contributed by atoms with E-state index >= 15 is 0 Å². The van der Waals surface area contributed by atoms with Crippen LogP contribution in [0.4, 0.5) is 5.69 Å². The van der Waals surface area contributed by atoms with Gasteiger partial charge in [-0.3, -0.25) is 0 Å². The maximum Gasteiger partial charge on any atom is 0.0389 e. The fourth-order valence-corrected chi connectivity index (χ4v) is 2.94. The first kappa shape index (κ1) is 14.4. The van der Waals surface area contributed by atoms with Gasteiger partial charge in [0.15, 0.2) is 0 Å². The van der Waals surface area contributed by atoms with Crippen LogP contribution in [0, 0.1) is 0 Å². The number of nitrogens with one attached hydrogen (secondary N) is 1. The van der Waals surface area contributed by atoms with Gasteiger partial charge < -0.3 is 10.2 Å². The largest absolute Gasteiger partial charge is 0.365 e. The van der Waals surface area contributed by atoms with Crippen LogP contribution in [0.2, 0.25) is 0 Å². The first-order valence-electron chi connectivity index (χ1n) is 7.49. The van der Waals surface area contributed by atoms with E-state index in [1.807, 2.05) is 0 Å². The minimum atomic E-state index is 0.232. The van der Waals surface area contributed by atoms with Crippen molar-refractivity contribution in [3.8, 4) is 0 Å². The van der Waals surface area contributed by atoms with E-state index in [9.17, 15) is 0 Å². The number of anilines is 1. The van der Waals surface area contributed by atoms with Gasteiger partial charge in [-0.15, -0.1) is 0 Å². The maximum atomic E-state index is 3.52. The van der Waals surface area contributed by atoms with E-state index in [0.717, 1.165) is 13.1 Å². The molecule has 0 amide bonds. The summed E-state index contributed by atoms with van der Waals surface area (Å²) in [6.45, 7) is 13.6. The summed E-state index contributed by atoms with van der Waals surface area (Å²) in [6.07, 6.45) is 1.21. The fourth-order valence-electron chi connectivity index (χ4n) is 2.94. The Labute approximate surface area is 118 Å². The summed E-state index contributed by atoms with van der Waals surface area (Å²) >= 11 is 0. The smallest absolute Gasteiger partial charge is 0.0389 e. The number of hydrogen-bond donors (Lipinski definition) is 1. The molecule has 2 rings (SSSR count). The third-order valence-corrected chi connectivity index (χ3v) is 4.16. The molecule has 0 aromatic heterocycles. The average molecular weight is 260 g/mol. The summed E-state index contributed by atoms with van der Waals surface area (Å²) in [6, 6.07) is 10.3. The van der Waals surface area contributed by atoms with E-state index in [1.165, 1.54) is 17.7 Å². The predicted octanol–water partition coefficient (Wildman–Crippen LogP) is 3.56. The van der Waals surface area contributed by atoms with Crippen molar-refractivity contribution in [3.63, 3.8) is 0 Å². The van der Waals surface area contributed by atoms with E-state index in [1.54, 1.807) is 0 Å². The average Bonchev–Trinajstić information content (AvgIpc) is 2.50. The predicted molar refractivity (Wildman–Crippen MR) is 84.0 cm³/mol. The first-order valence-corrected chi connectivity index (χ1v) is 7.49. The van der Waals surface area contributed by atoms with Crippen molar-refractivity contribution in [1.82, 2.24) is 5.32 Å². The molecular formula is C17H28N2. The van der Waals surface area contributed by atoms with E-state index in [2.05, 4.69) is 69.1 Å². The van der Waals surface area contributed by atoms with Crippen molar-refractivity contribution in [3.05, 3.63) is 29.8 Å². The molecule has 1 fully saturated rings. The van der Waals surface area contributed by atoms with E-state index in [0.29, 0.717) is 12.1 Å². The molecule has 19 heavy (non-hydrogen) atoms. The molecule has 1 N–H and O–H groups in total. The van der Waals surface area contributed by atoms with E-state index in [4.69, 9.17) is 0 Å². The number of hydrogen-bond acceptors (Lipinski definition) is 2. The van der Waals surface area contributed by atoms with Gasteiger partial charge >= 0.3 is 0 Å². The molecule has 0 spiro atoms. The van der Waals surface area contributed by atoms with Crippen LogP contribution in [0.25, 0.3) is 0 Å². The molecule has 1 aromatic rings. The lowest BCUT2D eigenvalue weighted by molar-refractivity contribution is 0.572. The zero-order valence-corrected chi connectivity index (χ0v) is 13.0. The van der Waals surface area contributed by atoms with Crippen molar-refractivity contribution in [2.75, 3.05) is 18.0 Å². The SMILES string of the molecule is CC1CCNCC(C)N1c1ccc(C(C)(C)C)cc1. The molecule has 1 aliphatic heterocycles. The van der Waals surface area contributed by atoms with Gasteiger partial charge in [-0.05, 0) is 49.9 Å². The van der Waals surface area contributed by atoms with Gasteiger partial charge in [0.2, 0.25) is 0 Å². The van der Waals surface area contributed by atoms with Crippen LogP contribution in [0.1, 0.15) is 46.6 Å². The summed E-state index contributed by atoms with van der Waals surface area (Å²) in [5.41, 5.74) is 3.00. The third-order valence-electron chi connectivity index (χ3n) is 4.16. The van der Waals surface area contributed by atoms with Crippen LogP contribution in [0.3, 0.4) is 0 Å². The molecular weight excluding hydrogens is 232 g/mol. The Kier molecular flexibility index (Phi) is 4.19. The lowest BCUT2D eigenvalue weighted by Crippen LogP contribution is -2.41. The van der Waals surface area contributed by atoms with Gasteiger partial charge in [0.25, 0.3) is 0 Å². The van der Waals surface area contributed by atoms with Crippen LogP contribution in [0.15, 0.2) is 24.3 Å². The standard InChI is InChI=1S/C17H28N2/c1-13-10-11-18-12-14(2)19(13)16-8-6-15(7-9-16)17(3,4)5/h6-9,13-14,18H,10-12H2,1-5H3. The van der Waals surface area contributed by atoms with Gasteiger partial charge in [-0.25, -0.2) is 0 Å². The van der Waals surface area contributed by atoms with Gasteiger partial charge in [0, 0.05) is 24.3 Å². The monoisotopic (exact) mass is 260 g/mol. The Balaban J connectivity index is 2.24. The summed E-state index contributed by atoms with van der Waals surface area (Å²) in [5.74, 6) is 0. The van der Waals surface area contributed by atoms with Gasteiger partial charge in [0.1, 0.15) is 0 Å². The molecule has 2 atom stereocenters. The molecule has 0 aliphatic carbocycles. The van der Waals surface area contributed by atoms with Crippen LogP contribution in [0.5, 0.6) is 0 Å². The molecule has 0 saturated carbocycles. The molecule has 1 heterocycles. The molecule has 2 unspecified atom stereocenters. The first-order chi connectivity index (χ1) is 8.89. The van der Waals surface area contributed by atoms with Gasteiger partial charge in [0.05, 0.1) is 0 Å². The highest BCUT2D eigenvalue weighted by atomic mass is 15.2. The zero-order valence-electron chi connectivity index (χ0n) is 13.0. The van der Waals surface area contributed by atoms with Crippen LogP contribution >= 0.6 is 0 Å². The molecule has 2 nitrogen and oxygen atoms in total. The Morgan fingerprint density at radius 3 is 2.26 bits per heavy atom. The lowest BCUT2D eigenvalue weighted by Gasteiger charge is -2.35. The summed E-state index contributed by atoms with van der Waals surface area (Å²) in [7, 11) is 0. The van der Waals surface area contributed by atoms with E-state index in [-0.39, 0.29) is 5.41 Å². The second-order valence-electron chi connectivity index (χ2n) is 6.89. The summed E-state index contributed by atoms with van der Waals surface area (Å²) in [5, 5.41) is 3.52. The lowest BCUT2D eigenvalue weighted by atomic mass is 9.87. The molecule has 2 heteroatoms. The zero-order chi connectivity index (χ0) is 14.0. The third kappa shape index (κ3) is 3.30. The molecule has 0 radical (unpaired) electrons. The minimum absolute atomic E-state index is 0.232. The highest BCUT2D eigenvalue weighted by Crippen LogP contribution is 2.27. The van der Waals surface area contributed by atoms with Crippen LogP contribution < -0.4 is 10.2 Å². The molecule has 106 valence electrons. The highest BCUT2D eigenvalue weighted by molar-refractivity contribution is 5.50. The quantitative estimate of drug-likeness (QED) is 0.830. The molecule has 1 saturated heterocycles. The van der Waals surface area contributed by atoms with Crippen LogP contribution in [-0.4, -0.2) is 25.2 Å². The number of benzene rings is 1. The van der Waals surface area contributed by atoms with Crippen molar-refractivity contribution < 1.29 is 0 Å². The highest BCUT2D eigenvalue weighted by Gasteiger charge is 2.23. The normalized spacial score (nSPS) is 25.2. The molecule has 0 bridgehead atoms. The molecule has 1 aliphatic rings. The summed E-state index contributed by atoms with van der Waals surface area (Å²) < 4.78 is 0. The fraction of sp³-hybridized carbons (Fsp3) is 0.647. The Bertz CT molecular complexity index is 390. The summed E-state index contributed by atoms with van der Waals surface area (Å²) in [4.78, 5) is 2.56. The van der Waals surface area contributed by atoms with Gasteiger partial charge in [-0.1, -0.05) is 32.9 Å². The topological polar surface area (TPSA) is 15.3 Å². The van der Waals surface area contributed by atoms with Crippen molar-refractivity contribution in [1.29, 1.82) is 0 Å². The van der Waals surface area contributed by atoms with Crippen molar-refractivity contribution in [2.45, 2.75) is 58.5 Å². The second kappa shape index (κ2) is 5.54. The Morgan fingerprint density at radius 2 is 1.68 bits per heavy atom. The Morgan fingerprint density at radius 1 is 1.05 bits per heavy atom. The van der Waals surface area contributed by atoms with E-state index < -0.39 is 0 Å². The molecule has 1 aromatic carbocycles. The van der Waals surface area contributed by atoms with Crippen molar-refractivity contribution in [2.24, 2.45) is 0 Å². The minimum Gasteiger partial charge on any atom is -0.365 e. The van der Waals surface area contributed by atoms with Crippen LogP contribution in [-0.2, 0) is 5.41 Å². The number of rotatable bonds is 1. The van der Waals surface area contributed by atoms with Gasteiger partial charge in [-0.2, -0.15) is 0 Å². The Hall–Kier alpha value is -1.02.